The molecular formula is C11H11F3N2O6. The Morgan fingerprint density at radius 1 is 1.45 bits per heavy atom. The number of hydrogen-bond donors (Lipinski definition) is 0. The molecule has 1 aromatic rings. The van der Waals surface area contributed by atoms with Gasteiger partial charge in [0.05, 0.1) is 31.1 Å². The summed E-state index contributed by atoms with van der Waals surface area (Å²) in [7, 11) is 1.04. The molecule has 0 bridgehead atoms. The van der Waals surface area contributed by atoms with Crippen LogP contribution in [0.3, 0.4) is 0 Å². The van der Waals surface area contributed by atoms with Gasteiger partial charge in [0.1, 0.15) is 5.56 Å². The van der Waals surface area contributed by atoms with Gasteiger partial charge in [-0.1, -0.05) is 0 Å². The molecule has 22 heavy (non-hydrogen) atoms. The zero-order valence-corrected chi connectivity index (χ0v) is 11.5. The standard InChI is InChI=1S/C11H11F3N2O6/c1-3-21-9(17)4-6-7(16(18)19)5-8(15-10(6)20-2)22-11(12,13)14/h5H,3-4H2,1-2H3. The second-order valence-corrected chi connectivity index (χ2v) is 3.75. The van der Waals surface area contributed by atoms with E-state index in [9.17, 15) is 28.1 Å². The maximum absolute atomic E-state index is 12.2. The molecule has 0 aromatic carbocycles. The Morgan fingerprint density at radius 3 is 2.55 bits per heavy atom. The van der Waals surface area contributed by atoms with Crippen molar-refractivity contribution in [1.29, 1.82) is 0 Å². The number of nitrogens with zero attached hydrogens (tertiary/aromatic N) is 2. The molecule has 0 N–H and O–H groups in total. The topological polar surface area (TPSA) is 101 Å². The molecule has 0 saturated carbocycles. The van der Waals surface area contributed by atoms with Crippen molar-refractivity contribution in [3.8, 4) is 11.8 Å². The molecule has 0 atom stereocenters. The minimum absolute atomic E-state index is 0.0393. The van der Waals surface area contributed by atoms with Gasteiger partial charge in [0.15, 0.2) is 0 Å². The van der Waals surface area contributed by atoms with Gasteiger partial charge in [-0.05, 0) is 6.92 Å². The summed E-state index contributed by atoms with van der Waals surface area (Å²) in [6.07, 6.45) is -5.65. The highest BCUT2D eigenvalue weighted by molar-refractivity contribution is 5.75. The van der Waals surface area contributed by atoms with Gasteiger partial charge in [0, 0.05) is 0 Å². The number of carbonyl (C=O) groups is 1. The molecule has 11 heteroatoms. The summed E-state index contributed by atoms with van der Waals surface area (Å²) in [6, 6.07) is 0.463. The van der Waals surface area contributed by atoms with Gasteiger partial charge in [-0.25, -0.2) is 0 Å². The number of alkyl halides is 3. The van der Waals surface area contributed by atoms with Gasteiger partial charge >= 0.3 is 12.3 Å². The van der Waals surface area contributed by atoms with E-state index in [2.05, 4.69) is 14.5 Å². The fourth-order valence-electron chi connectivity index (χ4n) is 1.54. The first kappa shape index (κ1) is 17.5. The lowest BCUT2D eigenvalue weighted by atomic mass is 10.1. The molecule has 1 aromatic heterocycles. The maximum atomic E-state index is 12.2. The average Bonchev–Trinajstić information content (AvgIpc) is 2.38. The van der Waals surface area contributed by atoms with E-state index in [4.69, 9.17) is 4.74 Å². The first-order chi connectivity index (χ1) is 10.2. The molecule has 0 spiro atoms. The van der Waals surface area contributed by atoms with E-state index >= 15 is 0 Å². The van der Waals surface area contributed by atoms with Crippen LogP contribution in [0.15, 0.2) is 6.07 Å². The Hall–Kier alpha value is -2.59. The number of hydrogen-bond acceptors (Lipinski definition) is 7. The predicted octanol–water partition coefficient (Wildman–Crippen LogP) is 2.00. The van der Waals surface area contributed by atoms with Gasteiger partial charge in [0.2, 0.25) is 11.8 Å². The second kappa shape index (κ2) is 6.91. The van der Waals surface area contributed by atoms with Gasteiger partial charge in [0.25, 0.3) is 5.69 Å². The van der Waals surface area contributed by atoms with Crippen LogP contribution in [0.5, 0.6) is 11.8 Å². The lowest BCUT2D eigenvalue weighted by molar-refractivity contribution is -0.385. The molecule has 0 radical (unpaired) electrons. The Labute approximate surface area is 121 Å². The van der Waals surface area contributed by atoms with Crippen LogP contribution in [-0.2, 0) is 16.0 Å². The number of rotatable bonds is 6. The highest BCUT2D eigenvalue weighted by Crippen LogP contribution is 2.33. The monoisotopic (exact) mass is 324 g/mol. The number of esters is 1. The molecule has 0 aliphatic heterocycles. The van der Waals surface area contributed by atoms with E-state index in [1.54, 1.807) is 0 Å². The van der Waals surface area contributed by atoms with Crippen LogP contribution >= 0.6 is 0 Å². The molecular weight excluding hydrogens is 313 g/mol. The summed E-state index contributed by atoms with van der Waals surface area (Å²) in [4.78, 5) is 24.8. The summed E-state index contributed by atoms with van der Waals surface area (Å²) in [5.74, 6) is -2.40. The molecule has 0 amide bonds. The van der Waals surface area contributed by atoms with E-state index < -0.39 is 41.1 Å². The largest absolute Gasteiger partial charge is 0.574 e. The molecule has 0 aliphatic carbocycles. The van der Waals surface area contributed by atoms with E-state index in [1.165, 1.54) is 6.92 Å². The number of aromatic nitrogens is 1. The first-order valence-electron chi connectivity index (χ1n) is 5.81. The van der Waals surface area contributed by atoms with Gasteiger partial charge < -0.3 is 14.2 Å². The molecule has 0 aliphatic rings. The smallest absolute Gasteiger partial charge is 0.481 e. The number of pyridine rings is 1. The summed E-state index contributed by atoms with van der Waals surface area (Å²) >= 11 is 0. The van der Waals surface area contributed by atoms with Crippen LogP contribution in [0.25, 0.3) is 0 Å². The molecule has 1 heterocycles. The third-order valence-corrected chi connectivity index (χ3v) is 2.28. The number of carbonyl (C=O) groups excluding carboxylic acids is 1. The van der Waals surface area contributed by atoms with Crippen molar-refractivity contribution in [3.05, 3.63) is 21.7 Å². The third-order valence-electron chi connectivity index (χ3n) is 2.28. The van der Waals surface area contributed by atoms with E-state index in [0.717, 1.165) is 7.11 Å². The molecule has 0 unspecified atom stereocenters. The van der Waals surface area contributed by atoms with Gasteiger partial charge in [-0.15, -0.1) is 13.2 Å². The van der Waals surface area contributed by atoms with E-state index in [0.29, 0.717) is 6.07 Å². The van der Waals surface area contributed by atoms with Crippen molar-refractivity contribution in [3.63, 3.8) is 0 Å². The summed E-state index contributed by atoms with van der Waals surface area (Å²) in [5.41, 5.74) is -1.10. The van der Waals surface area contributed by atoms with E-state index in [-0.39, 0.29) is 12.2 Å². The summed E-state index contributed by atoms with van der Waals surface area (Å²) in [5, 5.41) is 11.0. The molecule has 8 nitrogen and oxygen atoms in total. The van der Waals surface area contributed by atoms with Crippen molar-refractivity contribution in [2.24, 2.45) is 0 Å². The molecule has 0 saturated heterocycles. The predicted molar refractivity (Wildman–Crippen MR) is 64.5 cm³/mol. The van der Waals surface area contributed by atoms with Crippen LogP contribution in [-0.4, -0.2) is 36.0 Å². The highest BCUT2D eigenvalue weighted by Gasteiger charge is 2.34. The van der Waals surface area contributed by atoms with Crippen LogP contribution in [0.1, 0.15) is 12.5 Å². The van der Waals surface area contributed by atoms with Crippen molar-refractivity contribution < 1.29 is 37.1 Å². The highest BCUT2D eigenvalue weighted by atomic mass is 19.4. The Bertz CT molecular complexity index is 576. The zero-order valence-electron chi connectivity index (χ0n) is 11.5. The molecule has 122 valence electrons. The normalized spacial score (nSPS) is 11.0. The van der Waals surface area contributed by atoms with Gasteiger partial charge in [-0.3, -0.25) is 14.9 Å². The second-order valence-electron chi connectivity index (χ2n) is 3.75. The quantitative estimate of drug-likeness (QED) is 0.448. The molecule has 0 fully saturated rings. The van der Waals surface area contributed by atoms with Crippen LogP contribution in [0, 0.1) is 10.1 Å². The Balaban J connectivity index is 3.29. The lowest BCUT2D eigenvalue weighted by Crippen LogP contribution is -2.19. The van der Waals surface area contributed by atoms with Crippen LogP contribution in [0.2, 0.25) is 0 Å². The first-order valence-corrected chi connectivity index (χ1v) is 5.81. The minimum atomic E-state index is -5.07. The number of methoxy groups -OCH3 is 1. The van der Waals surface area contributed by atoms with Crippen molar-refractivity contribution in [2.45, 2.75) is 19.7 Å². The van der Waals surface area contributed by atoms with Gasteiger partial charge in [-0.2, -0.15) is 4.98 Å². The third kappa shape index (κ3) is 4.75. The fraction of sp³-hybridized carbons (Fsp3) is 0.455. The number of ether oxygens (including phenoxy) is 3. The van der Waals surface area contributed by atoms with Crippen molar-refractivity contribution >= 4 is 11.7 Å². The minimum Gasteiger partial charge on any atom is -0.481 e. The van der Waals surface area contributed by atoms with Crippen LogP contribution in [0.4, 0.5) is 18.9 Å². The van der Waals surface area contributed by atoms with E-state index in [1.807, 2.05) is 0 Å². The number of halogens is 3. The summed E-state index contributed by atoms with van der Waals surface area (Å²) < 4.78 is 49.4. The Morgan fingerprint density at radius 2 is 2.09 bits per heavy atom. The maximum Gasteiger partial charge on any atom is 0.574 e. The lowest BCUT2D eigenvalue weighted by Gasteiger charge is -2.12. The van der Waals surface area contributed by atoms with Crippen LogP contribution < -0.4 is 9.47 Å². The fourth-order valence-corrected chi connectivity index (χ4v) is 1.54. The van der Waals surface area contributed by atoms with Crippen molar-refractivity contribution in [2.75, 3.05) is 13.7 Å². The average molecular weight is 324 g/mol. The zero-order chi connectivity index (χ0) is 16.9. The Kier molecular flexibility index (Phi) is 5.49. The summed E-state index contributed by atoms with van der Waals surface area (Å²) in [6.45, 7) is 1.57. The number of nitro groups is 1. The SMILES string of the molecule is CCOC(=O)Cc1c([N+](=O)[O-])cc(OC(F)(F)F)nc1OC. The van der Waals surface area contributed by atoms with Crippen molar-refractivity contribution in [1.82, 2.24) is 4.98 Å². The molecule has 1 rings (SSSR count).